The smallest absolute Gasteiger partial charge is 0.318 e. The van der Waals surface area contributed by atoms with E-state index < -0.39 is 5.25 Å². The Morgan fingerprint density at radius 3 is 2.35 bits per heavy atom. The number of thioether (sulfide) groups is 1. The van der Waals surface area contributed by atoms with Gasteiger partial charge in [0.2, 0.25) is 0 Å². The van der Waals surface area contributed by atoms with Crippen molar-refractivity contribution < 1.29 is 14.3 Å². The largest absolute Gasteiger partial charge is 0.497 e. The van der Waals surface area contributed by atoms with Crippen molar-refractivity contribution >= 4 is 17.7 Å². The Balaban J connectivity index is 2.07. The third-order valence-electron chi connectivity index (χ3n) is 3.81. The van der Waals surface area contributed by atoms with E-state index in [1.54, 1.807) is 14.0 Å². The van der Waals surface area contributed by atoms with Gasteiger partial charge in [-0.3, -0.25) is 9.36 Å². The van der Waals surface area contributed by atoms with E-state index in [9.17, 15) is 4.79 Å². The van der Waals surface area contributed by atoms with Crippen LogP contribution >= 0.6 is 11.8 Å². The molecule has 0 amide bonds. The molecule has 26 heavy (non-hydrogen) atoms. The van der Waals surface area contributed by atoms with E-state index in [1.165, 1.54) is 18.9 Å². The Morgan fingerprint density at radius 2 is 1.73 bits per heavy atom. The zero-order chi connectivity index (χ0) is 18.5. The third-order valence-corrected chi connectivity index (χ3v) is 4.83. The van der Waals surface area contributed by atoms with E-state index in [4.69, 9.17) is 9.47 Å². The molecule has 0 aliphatic heterocycles. The molecule has 0 radical (unpaired) electrons. The molecule has 0 aliphatic carbocycles. The van der Waals surface area contributed by atoms with Crippen molar-refractivity contribution in [3.8, 4) is 22.8 Å². The van der Waals surface area contributed by atoms with Crippen LogP contribution < -0.4 is 4.74 Å². The fraction of sp³-hybridized carbons (Fsp3) is 0.211. The molecular weight excluding hydrogens is 350 g/mol. The molecule has 0 N–H and O–H groups in total. The molecule has 0 spiro atoms. The maximum atomic E-state index is 11.8. The zero-order valence-electron chi connectivity index (χ0n) is 14.7. The second-order valence-electron chi connectivity index (χ2n) is 5.49. The molecule has 3 aromatic rings. The molecule has 3 rings (SSSR count). The van der Waals surface area contributed by atoms with Gasteiger partial charge in [0.15, 0.2) is 11.0 Å². The maximum Gasteiger partial charge on any atom is 0.318 e. The Kier molecular flexibility index (Phi) is 5.58. The number of carbonyl (C=O) groups is 1. The molecule has 2 aromatic carbocycles. The van der Waals surface area contributed by atoms with Crippen molar-refractivity contribution in [2.75, 3.05) is 14.2 Å². The molecular formula is C19H19N3O3S. The van der Waals surface area contributed by atoms with E-state index in [0.29, 0.717) is 11.0 Å². The van der Waals surface area contributed by atoms with Gasteiger partial charge in [-0.1, -0.05) is 42.1 Å². The Bertz CT molecular complexity index is 879. The maximum absolute atomic E-state index is 11.8. The number of rotatable bonds is 6. The number of methoxy groups -OCH3 is 2. The average Bonchev–Trinajstić information content (AvgIpc) is 3.11. The summed E-state index contributed by atoms with van der Waals surface area (Å²) in [5.74, 6) is 1.16. The van der Waals surface area contributed by atoms with E-state index in [-0.39, 0.29) is 5.97 Å². The number of carbonyl (C=O) groups excluding carboxylic acids is 1. The molecule has 1 atom stereocenters. The van der Waals surface area contributed by atoms with Gasteiger partial charge in [0.25, 0.3) is 0 Å². The van der Waals surface area contributed by atoms with Gasteiger partial charge < -0.3 is 9.47 Å². The van der Waals surface area contributed by atoms with Gasteiger partial charge in [-0.15, -0.1) is 10.2 Å². The van der Waals surface area contributed by atoms with Crippen LogP contribution in [0.2, 0.25) is 0 Å². The van der Waals surface area contributed by atoms with Crippen LogP contribution in [-0.4, -0.2) is 40.2 Å². The Hall–Kier alpha value is -2.80. The second-order valence-corrected chi connectivity index (χ2v) is 6.80. The lowest BCUT2D eigenvalue weighted by Gasteiger charge is -2.13. The summed E-state index contributed by atoms with van der Waals surface area (Å²) in [6.45, 7) is 1.78. The molecule has 0 aliphatic rings. The minimum Gasteiger partial charge on any atom is -0.497 e. The van der Waals surface area contributed by atoms with Crippen molar-refractivity contribution in [3.05, 3.63) is 54.6 Å². The predicted molar refractivity (Wildman–Crippen MR) is 101 cm³/mol. The summed E-state index contributed by atoms with van der Waals surface area (Å²) in [5.41, 5.74) is 1.82. The number of ether oxygens (including phenoxy) is 2. The van der Waals surface area contributed by atoms with Crippen LogP contribution in [0.3, 0.4) is 0 Å². The minimum atomic E-state index is -0.398. The topological polar surface area (TPSA) is 66.2 Å². The van der Waals surface area contributed by atoms with Crippen LogP contribution in [-0.2, 0) is 9.53 Å². The number of benzene rings is 2. The van der Waals surface area contributed by atoms with E-state index in [2.05, 4.69) is 10.2 Å². The van der Waals surface area contributed by atoms with Crippen molar-refractivity contribution in [1.29, 1.82) is 0 Å². The SMILES string of the molecule is COC(=O)C(C)Sc1nnc(-c2ccccc2)n1-c1ccc(OC)cc1. The average molecular weight is 369 g/mol. The predicted octanol–water partition coefficient (Wildman–Crippen LogP) is 3.60. The molecule has 6 nitrogen and oxygen atoms in total. The molecule has 0 saturated heterocycles. The quantitative estimate of drug-likeness (QED) is 0.489. The third kappa shape index (κ3) is 3.72. The van der Waals surface area contributed by atoms with Crippen LogP contribution in [0.5, 0.6) is 5.75 Å². The molecule has 1 unspecified atom stereocenters. The number of aromatic nitrogens is 3. The summed E-state index contributed by atoms with van der Waals surface area (Å²) < 4.78 is 12.0. The molecule has 0 fully saturated rings. The first-order valence-corrected chi connectivity index (χ1v) is 8.91. The zero-order valence-corrected chi connectivity index (χ0v) is 15.6. The first-order valence-electron chi connectivity index (χ1n) is 8.03. The van der Waals surface area contributed by atoms with Crippen LogP contribution in [0, 0.1) is 0 Å². The number of nitrogens with zero attached hydrogens (tertiary/aromatic N) is 3. The van der Waals surface area contributed by atoms with Crippen molar-refractivity contribution in [2.24, 2.45) is 0 Å². The number of esters is 1. The van der Waals surface area contributed by atoms with Crippen LogP contribution in [0.1, 0.15) is 6.92 Å². The number of hydrogen-bond donors (Lipinski definition) is 0. The highest BCUT2D eigenvalue weighted by molar-refractivity contribution is 8.00. The molecule has 1 heterocycles. The van der Waals surface area contributed by atoms with Gasteiger partial charge >= 0.3 is 5.97 Å². The second kappa shape index (κ2) is 8.05. The first-order chi connectivity index (χ1) is 12.6. The standard InChI is InChI=1S/C19H19N3O3S/c1-13(18(23)25-3)26-19-21-20-17(14-7-5-4-6-8-14)22(19)15-9-11-16(24-2)12-10-15/h4-13H,1-3H3. The highest BCUT2D eigenvalue weighted by atomic mass is 32.2. The summed E-state index contributed by atoms with van der Waals surface area (Å²) in [5, 5.41) is 8.88. The first kappa shape index (κ1) is 18.0. The lowest BCUT2D eigenvalue weighted by molar-refractivity contribution is -0.139. The Morgan fingerprint density at radius 1 is 1.04 bits per heavy atom. The van der Waals surface area contributed by atoms with Gasteiger partial charge in [-0.25, -0.2) is 0 Å². The van der Waals surface area contributed by atoms with Gasteiger partial charge in [-0.2, -0.15) is 0 Å². The highest BCUT2D eigenvalue weighted by Crippen LogP contribution is 2.31. The summed E-state index contributed by atoms with van der Waals surface area (Å²) in [6, 6.07) is 17.4. The lowest BCUT2D eigenvalue weighted by Crippen LogP contribution is -2.15. The van der Waals surface area contributed by atoms with E-state index >= 15 is 0 Å². The summed E-state index contributed by atoms with van der Waals surface area (Å²) in [4.78, 5) is 11.8. The van der Waals surface area contributed by atoms with Crippen LogP contribution in [0.4, 0.5) is 0 Å². The Labute approximate surface area is 156 Å². The fourth-order valence-electron chi connectivity index (χ4n) is 2.46. The highest BCUT2D eigenvalue weighted by Gasteiger charge is 2.22. The summed E-state index contributed by atoms with van der Waals surface area (Å²) in [7, 11) is 3.01. The van der Waals surface area contributed by atoms with Crippen molar-refractivity contribution in [1.82, 2.24) is 14.8 Å². The number of hydrogen-bond acceptors (Lipinski definition) is 6. The monoisotopic (exact) mass is 369 g/mol. The van der Waals surface area contributed by atoms with E-state index in [1.807, 2.05) is 59.2 Å². The molecule has 0 bridgehead atoms. The van der Waals surface area contributed by atoms with Gasteiger partial charge in [0.05, 0.1) is 14.2 Å². The normalized spacial score (nSPS) is 11.8. The van der Waals surface area contributed by atoms with Crippen molar-refractivity contribution in [2.45, 2.75) is 17.3 Å². The van der Waals surface area contributed by atoms with Crippen molar-refractivity contribution in [3.63, 3.8) is 0 Å². The van der Waals surface area contributed by atoms with Crippen LogP contribution in [0.15, 0.2) is 59.8 Å². The lowest BCUT2D eigenvalue weighted by atomic mass is 10.2. The summed E-state index contributed by atoms with van der Waals surface area (Å²) in [6.07, 6.45) is 0. The van der Waals surface area contributed by atoms with E-state index in [0.717, 1.165) is 17.0 Å². The van der Waals surface area contributed by atoms with Gasteiger partial charge in [-0.05, 0) is 31.2 Å². The molecule has 7 heteroatoms. The van der Waals surface area contributed by atoms with Crippen LogP contribution in [0.25, 0.3) is 17.1 Å². The summed E-state index contributed by atoms with van der Waals surface area (Å²) >= 11 is 1.31. The van der Waals surface area contributed by atoms with Gasteiger partial charge in [0, 0.05) is 11.3 Å². The molecule has 1 aromatic heterocycles. The molecule has 0 saturated carbocycles. The van der Waals surface area contributed by atoms with Gasteiger partial charge in [0.1, 0.15) is 11.0 Å². The minimum absolute atomic E-state index is 0.305. The molecule has 134 valence electrons. The fourth-order valence-corrected chi connectivity index (χ4v) is 3.35.